The minimum Gasteiger partial charge on any atom is -0.335 e. The molecule has 1 heterocycles. The number of nitrogens with zero attached hydrogens (tertiary/aromatic N) is 1. The number of unbranched alkanes of at least 4 members (excludes halogenated alkanes) is 8. The molecule has 1 saturated heterocycles. The summed E-state index contributed by atoms with van der Waals surface area (Å²) in [5, 5.41) is 3.38. The maximum absolute atomic E-state index is 12.3. The fourth-order valence-electron chi connectivity index (χ4n) is 3.34. The van der Waals surface area contributed by atoms with Crippen molar-refractivity contribution >= 4 is 5.91 Å². The Bertz CT molecular complexity index is 270. The van der Waals surface area contributed by atoms with Crippen LogP contribution in [0.3, 0.4) is 0 Å². The molecule has 1 N–H and O–H groups in total. The van der Waals surface area contributed by atoms with Gasteiger partial charge in [0.2, 0.25) is 5.91 Å². The molecule has 1 rings (SSSR count). The topological polar surface area (TPSA) is 32.3 Å². The Morgan fingerprint density at radius 1 is 0.905 bits per heavy atom. The molecule has 0 aliphatic carbocycles. The van der Waals surface area contributed by atoms with Crippen molar-refractivity contribution in [2.75, 3.05) is 13.1 Å². The molecule has 0 bridgehead atoms. The van der Waals surface area contributed by atoms with Gasteiger partial charge in [-0.3, -0.25) is 4.79 Å². The van der Waals surface area contributed by atoms with Crippen molar-refractivity contribution in [1.82, 2.24) is 10.2 Å². The highest BCUT2D eigenvalue weighted by Crippen LogP contribution is 2.15. The molecule has 0 aromatic heterocycles. The Labute approximate surface area is 131 Å². The molecule has 0 aromatic rings. The van der Waals surface area contributed by atoms with Gasteiger partial charge in [-0.25, -0.2) is 0 Å². The van der Waals surface area contributed by atoms with Crippen LogP contribution in [-0.2, 0) is 4.79 Å². The lowest BCUT2D eigenvalue weighted by Crippen LogP contribution is -2.57. The van der Waals surface area contributed by atoms with E-state index < -0.39 is 0 Å². The minimum atomic E-state index is 0.347. The van der Waals surface area contributed by atoms with E-state index in [9.17, 15) is 4.79 Å². The summed E-state index contributed by atoms with van der Waals surface area (Å²) in [5.41, 5.74) is 0. The van der Waals surface area contributed by atoms with Crippen molar-refractivity contribution in [1.29, 1.82) is 0 Å². The van der Waals surface area contributed by atoms with Gasteiger partial charge < -0.3 is 10.2 Å². The maximum Gasteiger partial charge on any atom is 0.223 e. The van der Waals surface area contributed by atoms with Crippen LogP contribution in [0, 0.1) is 0 Å². The second-order valence-corrected chi connectivity index (χ2v) is 6.74. The van der Waals surface area contributed by atoms with Crippen LogP contribution in [0.5, 0.6) is 0 Å². The van der Waals surface area contributed by atoms with E-state index in [4.69, 9.17) is 0 Å². The molecular weight excluding hydrogens is 260 g/mol. The van der Waals surface area contributed by atoms with Crippen LogP contribution in [0.4, 0.5) is 0 Å². The molecule has 2 unspecified atom stereocenters. The molecule has 3 nitrogen and oxygen atoms in total. The fourth-order valence-corrected chi connectivity index (χ4v) is 3.34. The van der Waals surface area contributed by atoms with E-state index in [1.807, 2.05) is 0 Å². The Kier molecular flexibility index (Phi) is 9.73. The average molecular weight is 296 g/mol. The number of piperazine rings is 1. The number of carbonyl (C=O) groups is 1. The summed E-state index contributed by atoms with van der Waals surface area (Å²) in [7, 11) is 0. The van der Waals surface area contributed by atoms with Crippen molar-refractivity contribution in [3.8, 4) is 0 Å². The molecule has 124 valence electrons. The molecule has 0 spiro atoms. The summed E-state index contributed by atoms with van der Waals surface area (Å²) in [4.78, 5) is 14.4. The highest BCUT2D eigenvalue weighted by molar-refractivity contribution is 5.77. The molecule has 2 atom stereocenters. The molecule has 1 aliphatic heterocycles. The molecule has 1 aliphatic rings. The minimum absolute atomic E-state index is 0.347. The number of rotatable bonds is 10. The first-order valence-corrected chi connectivity index (χ1v) is 9.18. The second-order valence-electron chi connectivity index (χ2n) is 6.74. The zero-order chi connectivity index (χ0) is 15.5. The second kappa shape index (κ2) is 11.1. The first-order chi connectivity index (χ1) is 10.2. The third-order valence-electron chi connectivity index (χ3n) is 4.61. The van der Waals surface area contributed by atoms with Gasteiger partial charge >= 0.3 is 0 Å². The summed E-state index contributed by atoms with van der Waals surface area (Å²) in [5.74, 6) is 0.361. The Balaban J connectivity index is 2.03. The fraction of sp³-hybridized carbons (Fsp3) is 0.944. The largest absolute Gasteiger partial charge is 0.335 e. The predicted octanol–water partition coefficient (Wildman–Crippen LogP) is 4.12. The molecule has 3 heteroatoms. The Morgan fingerprint density at radius 2 is 1.38 bits per heavy atom. The van der Waals surface area contributed by atoms with Gasteiger partial charge in [-0.15, -0.1) is 0 Å². The van der Waals surface area contributed by atoms with Crippen LogP contribution in [0.1, 0.15) is 85.0 Å². The lowest BCUT2D eigenvalue weighted by molar-refractivity contribution is -0.136. The van der Waals surface area contributed by atoms with Crippen molar-refractivity contribution < 1.29 is 4.79 Å². The van der Waals surface area contributed by atoms with E-state index in [2.05, 4.69) is 31.0 Å². The Hall–Kier alpha value is -0.570. The predicted molar refractivity (Wildman–Crippen MR) is 90.5 cm³/mol. The molecule has 21 heavy (non-hydrogen) atoms. The molecule has 0 saturated carbocycles. The van der Waals surface area contributed by atoms with Crippen molar-refractivity contribution in [2.45, 2.75) is 97.1 Å². The number of hydrogen-bond acceptors (Lipinski definition) is 2. The van der Waals surface area contributed by atoms with Gasteiger partial charge in [0.1, 0.15) is 0 Å². The third kappa shape index (κ3) is 7.30. The van der Waals surface area contributed by atoms with Crippen LogP contribution in [0.25, 0.3) is 0 Å². The van der Waals surface area contributed by atoms with Gasteiger partial charge in [0.15, 0.2) is 0 Å². The van der Waals surface area contributed by atoms with Crippen LogP contribution in [0.2, 0.25) is 0 Å². The van der Waals surface area contributed by atoms with Crippen LogP contribution < -0.4 is 5.32 Å². The quantitative estimate of drug-likeness (QED) is 0.615. The van der Waals surface area contributed by atoms with E-state index >= 15 is 0 Å². The van der Waals surface area contributed by atoms with Crippen molar-refractivity contribution in [3.63, 3.8) is 0 Å². The van der Waals surface area contributed by atoms with E-state index in [-0.39, 0.29) is 0 Å². The molecule has 0 radical (unpaired) electrons. The SMILES string of the molecule is CCCCCCCCCCCC(=O)N1C(C)CNCC1C. The lowest BCUT2D eigenvalue weighted by Gasteiger charge is -2.39. The summed E-state index contributed by atoms with van der Waals surface area (Å²) < 4.78 is 0. The zero-order valence-electron chi connectivity index (χ0n) is 14.5. The molecule has 0 aromatic carbocycles. The summed E-state index contributed by atoms with van der Waals surface area (Å²) >= 11 is 0. The van der Waals surface area contributed by atoms with Gasteiger partial charge in [-0.1, -0.05) is 58.3 Å². The highest BCUT2D eigenvalue weighted by atomic mass is 16.2. The lowest BCUT2D eigenvalue weighted by atomic mass is 10.0. The average Bonchev–Trinajstić information content (AvgIpc) is 2.45. The van der Waals surface area contributed by atoms with Crippen molar-refractivity contribution in [2.24, 2.45) is 0 Å². The van der Waals surface area contributed by atoms with Gasteiger partial charge in [0, 0.05) is 31.6 Å². The number of hydrogen-bond donors (Lipinski definition) is 1. The van der Waals surface area contributed by atoms with E-state index in [0.717, 1.165) is 25.9 Å². The summed E-state index contributed by atoms with van der Waals surface area (Å²) in [6.07, 6.45) is 12.5. The first-order valence-electron chi connectivity index (χ1n) is 9.18. The standard InChI is InChI=1S/C18H36N2O/c1-4-5-6-7-8-9-10-11-12-13-18(21)20-16(2)14-19-15-17(20)3/h16-17,19H,4-15H2,1-3H3. The normalized spacial score (nSPS) is 22.5. The van der Waals surface area contributed by atoms with Crippen LogP contribution in [-0.4, -0.2) is 36.0 Å². The molecule has 1 fully saturated rings. The molecule has 1 amide bonds. The Morgan fingerprint density at radius 3 is 1.90 bits per heavy atom. The third-order valence-corrected chi connectivity index (χ3v) is 4.61. The van der Waals surface area contributed by atoms with Gasteiger partial charge in [-0.05, 0) is 20.3 Å². The summed E-state index contributed by atoms with van der Waals surface area (Å²) in [6.45, 7) is 8.44. The van der Waals surface area contributed by atoms with Gasteiger partial charge in [-0.2, -0.15) is 0 Å². The zero-order valence-corrected chi connectivity index (χ0v) is 14.5. The smallest absolute Gasteiger partial charge is 0.223 e. The summed E-state index contributed by atoms with van der Waals surface area (Å²) in [6, 6.07) is 0.694. The van der Waals surface area contributed by atoms with Gasteiger partial charge in [0.05, 0.1) is 0 Å². The number of nitrogens with one attached hydrogen (secondary N) is 1. The molecular formula is C18H36N2O. The highest BCUT2D eigenvalue weighted by Gasteiger charge is 2.27. The van der Waals surface area contributed by atoms with E-state index in [0.29, 0.717) is 18.0 Å². The van der Waals surface area contributed by atoms with E-state index in [1.54, 1.807) is 0 Å². The van der Waals surface area contributed by atoms with Crippen molar-refractivity contribution in [3.05, 3.63) is 0 Å². The van der Waals surface area contributed by atoms with Crippen LogP contribution >= 0.6 is 0 Å². The van der Waals surface area contributed by atoms with Crippen LogP contribution in [0.15, 0.2) is 0 Å². The maximum atomic E-state index is 12.3. The first kappa shape index (κ1) is 18.5. The van der Waals surface area contributed by atoms with Gasteiger partial charge in [0.25, 0.3) is 0 Å². The number of carbonyl (C=O) groups excluding carboxylic acids is 1. The number of amides is 1. The van der Waals surface area contributed by atoms with E-state index in [1.165, 1.54) is 51.4 Å². The monoisotopic (exact) mass is 296 g/mol.